The smallest absolute Gasteiger partial charge is 0.293 e. The summed E-state index contributed by atoms with van der Waals surface area (Å²) in [6.07, 6.45) is 3.31. The van der Waals surface area contributed by atoms with E-state index in [-0.39, 0.29) is 11.6 Å². The molecular weight excluding hydrogens is 240 g/mol. The Morgan fingerprint density at radius 1 is 1.37 bits per heavy atom. The second kappa shape index (κ2) is 5.67. The van der Waals surface area contributed by atoms with Crippen LogP contribution in [0.1, 0.15) is 25.5 Å². The van der Waals surface area contributed by atoms with Crippen molar-refractivity contribution in [3.63, 3.8) is 0 Å². The molecule has 0 aliphatic heterocycles. The van der Waals surface area contributed by atoms with Gasteiger partial charge in [0.15, 0.2) is 5.82 Å². The highest BCUT2D eigenvalue weighted by molar-refractivity contribution is 5.59. The molecule has 0 unspecified atom stereocenters. The van der Waals surface area contributed by atoms with Crippen LogP contribution in [-0.4, -0.2) is 9.55 Å². The van der Waals surface area contributed by atoms with Crippen LogP contribution >= 0.6 is 0 Å². The minimum absolute atomic E-state index is 0.0980. The van der Waals surface area contributed by atoms with Gasteiger partial charge in [-0.3, -0.25) is 4.79 Å². The Kier molecular flexibility index (Phi) is 3.97. The first-order chi connectivity index (χ1) is 9.13. The van der Waals surface area contributed by atoms with Crippen molar-refractivity contribution in [1.82, 2.24) is 9.55 Å². The molecule has 5 heteroatoms. The Hall–Kier alpha value is -2.14. The minimum atomic E-state index is -0.135. The van der Waals surface area contributed by atoms with Crippen LogP contribution in [0.4, 0.5) is 11.5 Å². The number of benzene rings is 1. The lowest BCUT2D eigenvalue weighted by Gasteiger charge is -2.13. The van der Waals surface area contributed by atoms with E-state index in [0.29, 0.717) is 12.4 Å². The number of nitrogens with two attached hydrogens (primary N) is 1. The van der Waals surface area contributed by atoms with Gasteiger partial charge in [-0.05, 0) is 25.5 Å². The van der Waals surface area contributed by atoms with Crippen LogP contribution in [0.15, 0.2) is 41.5 Å². The standard InChI is InChI=1S/C14H18N4O/c1-10(2)18-8-7-16-13(14(18)19)17-12-6-4-3-5-11(12)9-15/h3-8,10H,9,15H2,1-2H3,(H,16,17). The van der Waals surface area contributed by atoms with Gasteiger partial charge in [-0.25, -0.2) is 4.98 Å². The third-order valence-corrected chi connectivity index (χ3v) is 2.91. The Morgan fingerprint density at radius 3 is 2.79 bits per heavy atom. The Labute approximate surface area is 112 Å². The van der Waals surface area contributed by atoms with Gasteiger partial charge in [0.1, 0.15) is 0 Å². The number of para-hydroxylation sites is 1. The average molecular weight is 258 g/mol. The Bertz CT molecular complexity index is 619. The number of nitrogens with one attached hydrogen (secondary N) is 1. The normalized spacial score (nSPS) is 10.7. The maximum Gasteiger partial charge on any atom is 0.293 e. The monoisotopic (exact) mass is 258 g/mol. The van der Waals surface area contributed by atoms with E-state index in [0.717, 1.165) is 11.3 Å². The number of hydrogen-bond donors (Lipinski definition) is 2. The average Bonchev–Trinajstić information content (AvgIpc) is 2.41. The van der Waals surface area contributed by atoms with Crippen molar-refractivity contribution in [2.45, 2.75) is 26.4 Å². The summed E-state index contributed by atoms with van der Waals surface area (Å²) >= 11 is 0. The van der Waals surface area contributed by atoms with Crippen LogP contribution in [0.25, 0.3) is 0 Å². The molecule has 0 atom stereocenters. The lowest BCUT2D eigenvalue weighted by atomic mass is 10.2. The molecule has 0 fully saturated rings. The van der Waals surface area contributed by atoms with E-state index in [1.165, 1.54) is 0 Å². The summed E-state index contributed by atoms with van der Waals surface area (Å²) in [5.41, 5.74) is 7.31. The zero-order valence-electron chi connectivity index (χ0n) is 11.1. The molecule has 0 spiro atoms. The van der Waals surface area contributed by atoms with Crippen LogP contribution in [0, 0.1) is 0 Å². The van der Waals surface area contributed by atoms with Crippen LogP contribution in [0.5, 0.6) is 0 Å². The molecule has 3 N–H and O–H groups in total. The molecule has 1 aromatic carbocycles. The van der Waals surface area contributed by atoms with E-state index >= 15 is 0 Å². The fourth-order valence-electron chi connectivity index (χ4n) is 1.87. The molecule has 0 aliphatic carbocycles. The van der Waals surface area contributed by atoms with Gasteiger partial charge in [0, 0.05) is 30.7 Å². The largest absolute Gasteiger partial charge is 0.335 e. The predicted molar refractivity (Wildman–Crippen MR) is 76.5 cm³/mol. The molecule has 0 radical (unpaired) electrons. The van der Waals surface area contributed by atoms with Crippen molar-refractivity contribution in [2.75, 3.05) is 5.32 Å². The van der Waals surface area contributed by atoms with Crippen molar-refractivity contribution >= 4 is 11.5 Å². The molecule has 2 rings (SSSR count). The van der Waals surface area contributed by atoms with Crippen molar-refractivity contribution < 1.29 is 0 Å². The number of nitrogens with zero attached hydrogens (tertiary/aromatic N) is 2. The van der Waals surface area contributed by atoms with Crippen LogP contribution < -0.4 is 16.6 Å². The van der Waals surface area contributed by atoms with Crippen LogP contribution in [0.3, 0.4) is 0 Å². The lowest BCUT2D eigenvalue weighted by molar-refractivity contribution is 0.576. The zero-order valence-corrected chi connectivity index (χ0v) is 11.1. The van der Waals surface area contributed by atoms with Crippen LogP contribution in [0.2, 0.25) is 0 Å². The van der Waals surface area contributed by atoms with Gasteiger partial charge in [0.2, 0.25) is 0 Å². The van der Waals surface area contributed by atoms with E-state index in [1.54, 1.807) is 17.0 Å². The molecule has 5 nitrogen and oxygen atoms in total. The molecule has 0 saturated heterocycles. The third kappa shape index (κ3) is 2.82. The molecule has 2 aromatic rings. The van der Waals surface area contributed by atoms with E-state index in [1.807, 2.05) is 38.1 Å². The number of aromatic nitrogens is 2. The molecule has 19 heavy (non-hydrogen) atoms. The van der Waals surface area contributed by atoms with Crippen molar-refractivity contribution in [3.8, 4) is 0 Å². The summed E-state index contributed by atoms with van der Waals surface area (Å²) in [4.78, 5) is 16.3. The highest BCUT2D eigenvalue weighted by Crippen LogP contribution is 2.17. The van der Waals surface area contributed by atoms with Gasteiger partial charge in [-0.1, -0.05) is 18.2 Å². The molecule has 1 heterocycles. The first kappa shape index (κ1) is 13.3. The molecule has 0 amide bonds. The first-order valence-corrected chi connectivity index (χ1v) is 6.25. The van der Waals surface area contributed by atoms with Gasteiger partial charge >= 0.3 is 0 Å². The highest BCUT2D eigenvalue weighted by Gasteiger charge is 2.08. The molecule has 100 valence electrons. The summed E-state index contributed by atoms with van der Waals surface area (Å²) < 4.78 is 1.64. The molecular formula is C14H18N4O. The van der Waals surface area contributed by atoms with Crippen molar-refractivity contribution in [2.24, 2.45) is 5.73 Å². The first-order valence-electron chi connectivity index (χ1n) is 6.25. The molecule has 0 bridgehead atoms. The Morgan fingerprint density at radius 2 is 2.11 bits per heavy atom. The van der Waals surface area contributed by atoms with E-state index in [4.69, 9.17) is 5.73 Å². The topological polar surface area (TPSA) is 72.9 Å². The van der Waals surface area contributed by atoms with E-state index in [2.05, 4.69) is 10.3 Å². The Balaban J connectivity index is 2.39. The lowest BCUT2D eigenvalue weighted by Crippen LogP contribution is -2.24. The SMILES string of the molecule is CC(C)n1ccnc(Nc2ccccc2CN)c1=O. The van der Waals surface area contributed by atoms with E-state index < -0.39 is 0 Å². The summed E-state index contributed by atoms with van der Waals surface area (Å²) in [6, 6.07) is 7.71. The number of anilines is 2. The highest BCUT2D eigenvalue weighted by atomic mass is 16.1. The molecule has 1 aromatic heterocycles. The van der Waals surface area contributed by atoms with Gasteiger partial charge in [0.05, 0.1) is 0 Å². The quantitative estimate of drug-likeness (QED) is 0.880. The second-order valence-corrected chi connectivity index (χ2v) is 4.57. The summed E-state index contributed by atoms with van der Waals surface area (Å²) in [5.74, 6) is 0.317. The van der Waals surface area contributed by atoms with Crippen molar-refractivity contribution in [1.29, 1.82) is 0 Å². The van der Waals surface area contributed by atoms with Crippen molar-refractivity contribution in [3.05, 3.63) is 52.6 Å². The van der Waals surface area contributed by atoms with Gasteiger partial charge in [-0.15, -0.1) is 0 Å². The fraction of sp³-hybridized carbons (Fsp3) is 0.286. The molecule has 0 saturated carbocycles. The summed E-state index contributed by atoms with van der Waals surface area (Å²) in [6.45, 7) is 4.33. The van der Waals surface area contributed by atoms with Crippen LogP contribution in [-0.2, 0) is 6.54 Å². The maximum atomic E-state index is 12.2. The third-order valence-electron chi connectivity index (χ3n) is 2.91. The molecule has 0 aliphatic rings. The van der Waals surface area contributed by atoms with Gasteiger partial charge in [0.25, 0.3) is 5.56 Å². The van der Waals surface area contributed by atoms with Gasteiger partial charge < -0.3 is 15.6 Å². The second-order valence-electron chi connectivity index (χ2n) is 4.57. The minimum Gasteiger partial charge on any atom is -0.335 e. The number of hydrogen-bond acceptors (Lipinski definition) is 4. The van der Waals surface area contributed by atoms with Gasteiger partial charge in [-0.2, -0.15) is 0 Å². The summed E-state index contributed by atoms with van der Waals surface area (Å²) in [7, 11) is 0. The van der Waals surface area contributed by atoms with E-state index in [9.17, 15) is 4.79 Å². The fourth-order valence-corrected chi connectivity index (χ4v) is 1.87. The summed E-state index contributed by atoms with van der Waals surface area (Å²) in [5, 5.41) is 3.06. The zero-order chi connectivity index (χ0) is 13.8. The maximum absolute atomic E-state index is 12.2. The predicted octanol–water partition coefficient (Wildman–Crippen LogP) is 2.03. The number of rotatable bonds is 4.